The third kappa shape index (κ3) is 4.55. The van der Waals surface area contributed by atoms with Crippen molar-refractivity contribution in [2.45, 2.75) is 46.3 Å². The highest BCUT2D eigenvalue weighted by molar-refractivity contribution is 5.94. The summed E-state index contributed by atoms with van der Waals surface area (Å²) in [5.41, 5.74) is 1.58. The maximum absolute atomic E-state index is 12.7. The molecule has 1 N–H and O–H groups in total. The lowest BCUT2D eigenvalue weighted by molar-refractivity contribution is 0.0759. The Hall–Kier alpha value is -1.39. The van der Waals surface area contributed by atoms with Crippen molar-refractivity contribution in [1.29, 1.82) is 0 Å². The van der Waals surface area contributed by atoms with Crippen LogP contribution in [0.5, 0.6) is 0 Å². The first-order valence-corrected chi connectivity index (χ1v) is 8.71. The summed E-state index contributed by atoms with van der Waals surface area (Å²) in [6.07, 6.45) is 0.547. The van der Waals surface area contributed by atoms with E-state index in [1.54, 1.807) is 0 Å². The molecule has 1 heterocycles. The topological polar surface area (TPSA) is 43.8 Å². The van der Waals surface area contributed by atoms with Crippen LogP contribution in [0.4, 0.5) is 0 Å². The fourth-order valence-electron chi connectivity index (χ4n) is 3.05. The van der Waals surface area contributed by atoms with E-state index in [0.717, 1.165) is 38.2 Å². The first kappa shape index (κ1) is 18.0. The average molecular weight is 318 g/mol. The summed E-state index contributed by atoms with van der Waals surface area (Å²) in [6.45, 7) is 12.0. The maximum atomic E-state index is 12.7. The number of rotatable bonds is 4. The maximum Gasteiger partial charge on any atom is 0.253 e. The molecule has 0 aliphatic carbocycles. The first-order valence-electron chi connectivity index (χ1n) is 8.71. The number of amides is 1. The molecule has 1 aromatic rings. The number of hydrogen-bond donors (Lipinski definition) is 1. The lowest BCUT2D eigenvalue weighted by Gasteiger charge is -2.25. The molecular weight excluding hydrogens is 288 g/mol. The molecule has 23 heavy (non-hydrogen) atoms. The van der Waals surface area contributed by atoms with Crippen molar-refractivity contribution in [3.8, 4) is 0 Å². The average Bonchev–Trinajstić information content (AvgIpc) is 2.79. The summed E-state index contributed by atoms with van der Waals surface area (Å²) in [6, 6.07) is 7.96. The molecule has 1 aromatic carbocycles. The largest absolute Gasteiger partial charge is 0.388 e. The van der Waals surface area contributed by atoms with E-state index in [-0.39, 0.29) is 11.8 Å². The molecule has 1 aliphatic heterocycles. The molecule has 2 rings (SSSR count). The zero-order chi connectivity index (χ0) is 17.0. The Morgan fingerprint density at radius 1 is 1.00 bits per heavy atom. The van der Waals surface area contributed by atoms with E-state index in [1.165, 1.54) is 0 Å². The van der Waals surface area contributed by atoms with Crippen LogP contribution < -0.4 is 0 Å². The molecule has 1 fully saturated rings. The quantitative estimate of drug-likeness (QED) is 0.928. The predicted molar refractivity (Wildman–Crippen MR) is 93.5 cm³/mol. The van der Waals surface area contributed by atoms with Gasteiger partial charge in [-0.25, -0.2) is 0 Å². The lowest BCUT2D eigenvalue weighted by atomic mass is 9.98. The van der Waals surface area contributed by atoms with Gasteiger partial charge in [-0.1, -0.05) is 26.0 Å². The molecular formula is C19H30N2O2. The fourth-order valence-corrected chi connectivity index (χ4v) is 3.05. The van der Waals surface area contributed by atoms with Crippen molar-refractivity contribution in [1.82, 2.24) is 9.80 Å². The molecule has 1 saturated heterocycles. The molecule has 0 spiro atoms. The second-order valence-electron chi connectivity index (χ2n) is 7.09. The molecule has 0 radical (unpaired) electrons. The van der Waals surface area contributed by atoms with Crippen molar-refractivity contribution in [2.75, 3.05) is 26.2 Å². The molecule has 0 aromatic heterocycles. The number of hydrogen-bond acceptors (Lipinski definition) is 3. The van der Waals surface area contributed by atoms with Crippen molar-refractivity contribution in [3.63, 3.8) is 0 Å². The van der Waals surface area contributed by atoms with Crippen LogP contribution in [0.25, 0.3) is 0 Å². The van der Waals surface area contributed by atoms with E-state index in [4.69, 9.17) is 0 Å². The highest BCUT2D eigenvalue weighted by Gasteiger charge is 2.21. The van der Waals surface area contributed by atoms with Crippen LogP contribution in [0, 0.1) is 5.92 Å². The van der Waals surface area contributed by atoms with E-state index in [1.807, 2.05) is 43.0 Å². The van der Waals surface area contributed by atoms with Gasteiger partial charge in [-0.3, -0.25) is 9.69 Å². The molecule has 0 saturated carbocycles. The summed E-state index contributed by atoms with van der Waals surface area (Å²) >= 11 is 0. The second-order valence-corrected chi connectivity index (χ2v) is 7.09. The van der Waals surface area contributed by atoms with Gasteiger partial charge in [-0.15, -0.1) is 0 Å². The van der Waals surface area contributed by atoms with E-state index in [2.05, 4.69) is 18.7 Å². The summed E-state index contributed by atoms with van der Waals surface area (Å²) in [7, 11) is 0. The summed E-state index contributed by atoms with van der Waals surface area (Å²) in [5.74, 6) is 0.269. The van der Waals surface area contributed by atoms with E-state index < -0.39 is 6.10 Å². The number of aliphatic hydroxyl groups is 1. The SMILES string of the molecule is CC(C)C(O)c1ccc(C(=O)N2CCCN(C(C)C)CC2)cc1. The molecule has 1 amide bonds. The second kappa shape index (κ2) is 7.93. The Balaban J connectivity index is 2.02. The van der Waals surface area contributed by atoms with Gasteiger partial charge < -0.3 is 10.0 Å². The minimum atomic E-state index is -0.475. The zero-order valence-corrected chi connectivity index (χ0v) is 14.8. The van der Waals surface area contributed by atoms with Gasteiger partial charge in [0.2, 0.25) is 0 Å². The van der Waals surface area contributed by atoms with Crippen molar-refractivity contribution >= 4 is 5.91 Å². The van der Waals surface area contributed by atoms with Crippen LogP contribution in [0.1, 0.15) is 56.1 Å². The van der Waals surface area contributed by atoms with Crippen LogP contribution in [0.2, 0.25) is 0 Å². The molecule has 1 atom stereocenters. The van der Waals surface area contributed by atoms with Crippen molar-refractivity contribution in [2.24, 2.45) is 5.92 Å². The highest BCUT2D eigenvalue weighted by atomic mass is 16.3. The standard InChI is InChI=1S/C19H30N2O2/c1-14(2)18(22)16-6-8-17(9-7-16)19(23)21-11-5-10-20(12-13-21)15(3)4/h6-9,14-15,18,22H,5,10-13H2,1-4H3. The van der Waals surface area contributed by atoms with Crippen LogP contribution in [0.15, 0.2) is 24.3 Å². The molecule has 1 unspecified atom stereocenters. The molecule has 4 nitrogen and oxygen atoms in total. The minimum Gasteiger partial charge on any atom is -0.388 e. The zero-order valence-electron chi connectivity index (χ0n) is 14.8. The highest BCUT2D eigenvalue weighted by Crippen LogP contribution is 2.22. The van der Waals surface area contributed by atoms with E-state index >= 15 is 0 Å². The summed E-state index contributed by atoms with van der Waals surface area (Å²) in [4.78, 5) is 17.1. The van der Waals surface area contributed by atoms with Crippen LogP contribution in [-0.2, 0) is 0 Å². The molecule has 0 bridgehead atoms. The van der Waals surface area contributed by atoms with Crippen LogP contribution >= 0.6 is 0 Å². The number of carbonyl (C=O) groups is 1. The third-order valence-corrected chi connectivity index (χ3v) is 4.68. The Morgan fingerprint density at radius 3 is 2.22 bits per heavy atom. The smallest absolute Gasteiger partial charge is 0.253 e. The van der Waals surface area contributed by atoms with Gasteiger partial charge in [0.15, 0.2) is 0 Å². The fraction of sp³-hybridized carbons (Fsp3) is 0.632. The van der Waals surface area contributed by atoms with Crippen molar-refractivity contribution < 1.29 is 9.90 Å². The summed E-state index contributed by atoms with van der Waals surface area (Å²) in [5, 5.41) is 10.1. The number of benzene rings is 1. The van der Waals surface area contributed by atoms with E-state index in [0.29, 0.717) is 11.6 Å². The van der Waals surface area contributed by atoms with E-state index in [9.17, 15) is 9.90 Å². The number of aliphatic hydroxyl groups excluding tert-OH is 1. The summed E-state index contributed by atoms with van der Waals surface area (Å²) < 4.78 is 0. The molecule has 4 heteroatoms. The Bertz CT molecular complexity index is 511. The third-order valence-electron chi connectivity index (χ3n) is 4.68. The van der Waals surface area contributed by atoms with Crippen molar-refractivity contribution in [3.05, 3.63) is 35.4 Å². The lowest BCUT2D eigenvalue weighted by Crippen LogP contribution is -2.37. The van der Waals surface area contributed by atoms with Crippen LogP contribution in [0.3, 0.4) is 0 Å². The number of carbonyl (C=O) groups excluding carboxylic acids is 1. The van der Waals surface area contributed by atoms with Gasteiger partial charge in [-0.05, 0) is 43.9 Å². The predicted octanol–water partition coefficient (Wildman–Crippen LogP) is 2.93. The Morgan fingerprint density at radius 2 is 1.65 bits per heavy atom. The van der Waals surface area contributed by atoms with Gasteiger partial charge in [0.25, 0.3) is 5.91 Å². The van der Waals surface area contributed by atoms with Crippen LogP contribution in [-0.4, -0.2) is 53.0 Å². The van der Waals surface area contributed by atoms with Gasteiger partial charge >= 0.3 is 0 Å². The Labute approximate surface area is 140 Å². The van der Waals surface area contributed by atoms with Gasteiger partial charge in [-0.2, -0.15) is 0 Å². The van der Waals surface area contributed by atoms with Gasteiger partial charge in [0, 0.05) is 37.8 Å². The molecule has 128 valence electrons. The minimum absolute atomic E-state index is 0.0983. The van der Waals surface area contributed by atoms with Gasteiger partial charge in [0.1, 0.15) is 0 Å². The van der Waals surface area contributed by atoms with Gasteiger partial charge in [0.05, 0.1) is 6.10 Å². The monoisotopic (exact) mass is 318 g/mol. The normalized spacial score (nSPS) is 18.3. The number of nitrogens with zero attached hydrogens (tertiary/aromatic N) is 2. The Kier molecular flexibility index (Phi) is 6.19. The first-order chi connectivity index (χ1) is 10.9. The molecule has 1 aliphatic rings.